The SMILES string of the molecule is Cc1cc(NC(=O)c2ccnc(C(=O)Nc3cccc(C#N)c3)c2)no1. The average Bonchev–Trinajstić information content (AvgIpc) is 3.06. The zero-order valence-corrected chi connectivity index (χ0v) is 13.7. The Bertz CT molecular complexity index is 1020. The second-order valence-electron chi connectivity index (χ2n) is 5.35. The van der Waals surface area contributed by atoms with Crippen LogP contribution in [0.2, 0.25) is 0 Å². The molecular weight excluding hydrogens is 334 g/mol. The lowest BCUT2D eigenvalue weighted by Crippen LogP contribution is -2.17. The fraction of sp³-hybridized carbons (Fsp3) is 0.0556. The molecule has 8 nitrogen and oxygen atoms in total. The smallest absolute Gasteiger partial charge is 0.274 e. The van der Waals surface area contributed by atoms with Gasteiger partial charge in [0.25, 0.3) is 11.8 Å². The molecule has 0 fully saturated rings. The number of rotatable bonds is 4. The molecule has 1 aromatic carbocycles. The van der Waals surface area contributed by atoms with Crippen LogP contribution in [-0.2, 0) is 0 Å². The van der Waals surface area contributed by atoms with E-state index in [1.807, 2.05) is 6.07 Å². The molecule has 0 unspecified atom stereocenters. The standard InChI is InChI=1S/C18H13N5O3/c1-11-7-16(23-26-11)22-17(24)13-5-6-20-15(9-13)18(25)21-14-4-2-3-12(8-14)10-19/h2-9H,1H3,(H,21,25)(H,22,23,24). The van der Waals surface area contributed by atoms with Crippen molar-refractivity contribution in [2.24, 2.45) is 0 Å². The van der Waals surface area contributed by atoms with Gasteiger partial charge in [0.1, 0.15) is 11.5 Å². The van der Waals surface area contributed by atoms with Crippen LogP contribution >= 0.6 is 0 Å². The van der Waals surface area contributed by atoms with E-state index in [4.69, 9.17) is 9.78 Å². The first kappa shape index (κ1) is 16.9. The molecule has 0 saturated heterocycles. The summed E-state index contributed by atoms with van der Waals surface area (Å²) in [6.07, 6.45) is 1.36. The van der Waals surface area contributed by atoms with Crippen LogP contribution in [0.1, 0.15) is 32.2 Å². The number of nitrogens with zero attached hydrogens (tertiary/aromatic N) is 3. The lowest BCUT2D eigenvalue weighted by molar-refractivity contribution is 0.102. The van der Waals surface area contributed by atoms with Gasteiger partial charge in [0.05, 0.1) is 11.6 Å². The summed E-state index contributed by atoms with van der Waals surface area (Å²) in [4.78, 5) is 28.6. The second kappa shape index (κ2) is 7.27. The Morgan fingerprint density at radius 1 is 1.12 bits per heavy atom. The molecule has 3 rings (SSSR count). The lowest BCUT2D eigenvalue weighted by Gasteiger charge is -2.06. The molecule has 0 saturated carbocycles. The fourth-order valence-electron chi connectivity index (χ4n) is 2.17. The van der Waals surface area contributed by atoms with Crippen molar-refractivity contribution in [3.05, 3.63) is 71.2 Å². The Kier molecular flexibility index (Phi) is 4.71. The number of anilines is 2. The van der Waals surface area contributed by atoms with Gasteiger partial charge in [-0.15, -0.1) is 0 Å². The third kappa shape index (κ3) is 3.91. The van der Waals surface area contributed by atoms with Crippen molar-refractivity contribution < 1.29 is 14.1 Å². The minimum atomic E-state index is -0.493. The van der Waals surface area contributed by atoms with Crippen LogP contribution in [0, 0.1) is 18.3 Å². The molecule has 0 radical (unpaired) electrons. The lowest BCUT2D eigenvalue weighted by atomic mass is 10.2. The van der Waals surface area contributed by atoms with Gasteiger partial charge in [0, 0.05) is 23.5 Å². The summed E-state index contributed by atoms with van der Waals surface area (Å²) in [5, 5.41) is 17.8. The normalized spacial score (nSPS) is 10.0. The number of carbonyl (C=O) groups excluding carboxylic acids is 2. The maximum Gasteiger partial charge on any atom is 0.274 e. The van der Waals surface area contributed by atoms with E-state index >= 15 is 0 Å². The zero-order chi connectivity index (χ0) is 18.5. The highest BCUT2D eigenvalue weighted by molar-refractivity contribution is 6.07. The third-order valence-corrected chi connectivity index (χ3v) is 3.37. The predicted octanol–water partition coefficient (Wildman–Crippen LogP) is 2.75. The largest absolute Gasteiger partial charge is 0.360 e. The van der Waals surface area contributed by atoms with E-state index in [-0.39, 0.29) is 17.1 Å². The van der Waals surface area contributed by atoms with Gasteiger partial charge in [-0.3, -0.25) is 14.6 Å². The number of aryl methyl sites for hydroxylation is 1. The van der Waals surface area contributed by atoms with Crippen molar-refractivity contribution in [2.75, 3.05) is 10.6 Å². The van der Waals surface area contributed by atoms with Gasteiger partial charge < -0.3 is 15.2 Å². The molecule has 0 spiro atoms. The van der Waals surface area contributed by atoms with Crippen LogP contribution in [-0.4, -0.2) is 22.0 Å². The quantitative estimate of drug-likeness (QED) is 0.748. The molecule has 2 heterocycles. The van der Waals surface area contributed by atoms with Gasteiger partial charge in [-0.25, -0.2) is 0 Å². The van der Waals surface area contributed by atoms with Gasteiger partial charge in [0.15, 0.2) is 5.82 Å². The predicted molar refractivity (Wildman–Crippen MR) is 92.5 cm³/mol. The number of nitrogens with one attached hydrogen (secondary N) is 2. The summed E-state index contributed by atoms with van der Waals surface area (Å²) in [6.45, 7) is 1.71. The van der Waals surface area contributed by atoms with Crippen molar-refractivity contribution in [3.63, 3.8) is 0 Å². The highest BCUT2D eigenvalue weighted by atomic mass is 16.5. The van der Waals surface area contributed by atoms with Crippen molar-refractivity contribution in [1.82, 2.24) is 10.1 Å². The monoisotopic (exact) mass is 347 g/mol. The summed E-state index contributed by atoms with van der Waals surface area (Å²) in [6, 6.07) is 12.9. The molecule has 2 N–H and O–H groups in total. The molecule has 26 heavy (non-hydrogen) atoms. The summed E-state index contributed by atoms with van der Waals surface area (Å²) in [5.74, 6) is -0.0911. The van der Waals surface area contributed by atoms with Crippen LogP contribution < -0.4 is 10.6 Å². The Balaban J connectivity index is 1.74. The summed E-state index contributed by atoms with van der Waals surface area (Å²) >= 11 is 0. The summed E-state index contributed by atoms with van der Waals surface area (Å²) in [7, 11) is 0. The van der Waals surface area contributed by atoms with E-state index in [1.54, 1.807) is 37.3 Å². The highest BCUT2D eigenvalue weighted by Gasteiger charge is 2.14. The van der Waals surface area contributed by atoms with E-state index in [0.717, 1.165) is 0 Å². The van der Waals surface area contributed by atoms with Crippen molar-refractivity contribution in [2.45, 2.75) is 6.92 Å². The number of nitriles is 1. The number of benzene rings is 1. The molecule has 0 atom stereocenters. The van der Waals surface area contributed by atoms with Gasteiger partial charge in [-0.05, 0) is 37.3 Å². The van der Waals surface area contributed by atoms with Crippen LogP contribution in [0.4, 0.5) is 11.5 Å². The molecular formula is C18H13N5O3. The average molecular weight is 347 g/mol. The van der Waals surface area contributed by atoms with Gasteiger partial charge in [-0.2, -0.15) is 5.26 Å². The van der Waals surface area contributed by atoms with Gasteiger partial charge in [-0.1, -0.05) is 11.2 Å². The van der Waals surface area contributed by atoms with E-state index in [1.165, 1.54) is 18.3 Å². The first-order chi connectivity index (χ1) is 12.5. The molecule has 0 bridgehead atoms. The van der Waals surface area contributed by atoms with E-state index in [0.29, 0.717) is 17.0 Å². The molecule has 128 valence electrons. The van der Waals surface area contributed by atoms with Crippen molar-refractivity contribution in [1.29, 1.82) is 5.26 Å². The summed E-state index contributed by atoms with van der Waals surface area (Å²) in [5.41, 5.74) is 1.20. The van der Waals surface area contributed by atoms with E-state index < -0.39 is 11.8 Å². The van der Waals surface area contributed by atoms with Crippen molar-refractivity contribution in [3.8, 4) is 6.07 Å². The van der Waals surface area contributed by atoms with Crippen LogP contribution in [0.3, 0.4) is 0 Å². The topological polar surface area (TPSA) is 121 Å². The minimum Gasteiger partial charge on any atom is -0.360 e. The van der Waals surface area contributed by atoms with Crippen LogP contribution in [0.15, 0.2) is 53.2 Å². The number of pyridine rings is 1. The second-order valence-corrected chi connectivity index (χ2v) is 5.35. The first-order valence-corrected chi connectivity index (χ1v) is 7.57. The minimum absolute atomic E-state index is 0.0661. The maximum atomic E-state index is 12.3. The van der Waals surface area contributed by atoms with Crippen molar-refractivity contribution >= 4 is 23.3 Å². The summed E-state index contributed by atoms with van der Waals surface area (Å²) < 4.78 is 4.88. The molecule has 0 aliphatic rings. The number of carbonyl (C=O) groups is 2. The molecule has 0 aliphatic heterocycles. The van der Waals surface area contributed by atoms with Gasteiger partial charge in [0.2, 0.25) is 0 Å². The molecule has 8 heteroatoms. The Morgan fingerprint density at radius 2 is 1.96 bits per heavy atom. The highest BCUT2D eigenvalue weighted by Crippen LogP contribution is 2.13. The molecule has 3 aromatic rings. The Morgan fingerprint density at radius 3 is 2.69 bits per heavy atom. The number of hydrogen-bond donors (Lipinski definition) is 2. The zero-order valence-electron chi connectivity index (χ0n) is 13.7. The van der Waals surface area contributed by atoms with E-state index in [2.05, 4.69) is 20.8 Å². The first-order valence-electron chi connectivity index (χ1n) is 7.57. The number of hydrogen-bond acceptors (Lipinski definition) is 6. The van der Waals surface area contributed by atoms with Crippen LogP contribution in [0.5, 0.6) is 0 Å². The maximum absolute atomic E-state index is 12.3. The molecule has 2 amide bonds. The molecule has 0 aliphatic carbocycles. The number of aromatic nitrogens is 2. The number of amides is 2. The Labute approximate surface area is 148 Å². The fourth-order valence-corrected chi connectivity index (χ4v) is 2.17. The molecule has 2 aromatic heterocycles. The third-order valence-electron chi connectivity index (χ3n) is 3.37. The van der Waals surface area contributed by atoms with Crippen LogP contribution in [0.25, 0.3) is 0 Å². The Hall–Kier alpha value is -3.99. The van der Waals surface area contributed by atoms with E-state index in [9.17, 15) is 9.59 Å². The van der Waals surface area contributed by atoms with Gasteiger partial charge >= 0.3 is 0 Å².